The van der Waals surface area contributed by atoms with E-state index >= 15 is 0 Å². The molecule has 0 radical (unpaired) electrons. The molecule has 0 saturated heterocycles. The normalized spacial score (nSPS) is 13.1. The highest BCUT2D eigenvalue weighted by molar-refractivity contribution is 6.31. The number of halogens is 1. The minimum Gasteiger partial charge on any atom is -0.361 e. The van der Waals surface area contributed by atoms with Gasteiger partial charge >= 0.3 is 0 Å². The van der Waals surface area contributed by atoms with E-state index in [2.05, 4.69) is 21.7 Å². The highest BCUT2D eigenvalue weighted by atomic mass is 35.5. The van der Waals surface area contributed by atoms with E-state index in [0.29, 0.717) is 11.6 Å². The van der Waals surface area contributed by atoms with Crippen LogP contribution in [0.2, 0.25) is 5.02 Å². The summed E-state index contributed by atoms with van der Waals surface area (Å²) in [4.78, 5) is 27.5. The van der Waals surface area contributed by atoms with Crippen LogP contribution in [0.15, 0.2) is 54.7 Å². The van der Waals surface area contributed by atoms with Gasteiger partial charge in [0, 0.05) is 40.5 Å². The fraction of sp³-hybridized carbons (Fsp3) is 0.304. The number of hydrogen-bond donors (Lipinski definition) is 3. The monoisotopic (exact) mass is 411 g/mol. The van der Waals surface area contributed by atoms with E-state index in [1.54, 1.807) is 0 Å². The van der Waals surface area contributed by atoms with Gasteiger partial charge in [-0.15, -0.1) is 0 Å². The molecule has 2 amide bonds. The molecule has 1 aromatic heterocycles. The third-order valence-corrected chi connectivity index (χ3v) is 5.61. The highest BCUT2D eigenvalue weighted by Gasteiger charge is 2.21. The zero-order chi connectivity index (χ0) is 20.8. The third-order valence-electron chi connectivity index (χ3n) is 5.26. The van der Waals surface area contributed by atoms with Gasteiger partial charge in [-0.05, 0) is 29.7 Å². The first-order valence-electron chi connectivity index (χ1n) is 9.86. The van der Waals surface area contributed by atoms with Crippen molar-refractivity contribution < 1.29 is 9.59 Å². The Balaban J connectivity index is 1.78. The predicted octanol–water partition coefficient (Wildman–Crippen LogP) is 4.23. The topological polar surface area (TPSA) is 74.0 Å². The predicted molar refractivity (Wildman–Crippen MR) is 117 cm³/mol. The number of aromatic nitrogens is 1. The van der Waals surface area contributed by atoms with Crippen molar-refractivity contribution in [3.63, 3.8) is 0 Å². The number of aromatic amines is 1. The maximum absolute atomic E-state index is 12.3. The van der Waals surface area contributed by atoms with E-state index in [-0.39, 0.29) is 30.2 Å². The Bertz CT molecular complexity index is 998. The fourth-order valence-electron chi connectivity index (χ4n) is 3.33. The average molecular weight is 412 g/mol. The smallest absolute Gasteiger partial charge is 0.239 e. The van der Waals surface area contributed by atoms with Gasteiger partial charge in [0.2, 0.25) is 11.8 Å². The van der Waals surface area contributed by atoms with Crippen LogP contribution in [0.3, 0.4) is 0 Å². The number of carbonyl (C=O) groups excluding carboxylic acids is 2. The van der Waals surface area contributed by atoms with Crippen LogP contribution < -0.4 is 10.6 Å². The minimum absolute atomic E-state index is 0.0354. The maximum Gasteiger partial charge on any atom is 0.239 e. The SMILES string of the molecule is CCC(C)C(=O)NCC(=O)NCC(c1ccccc1Cl)c1c[nH]c2ccccc12. The van der Waals surface area contributed by atoms with E-state index in [1.165, 1.54) is 0 Å². The molecule has 2 aromatic carbocycles. The second kappa shape index (κ2) is 9.61. The Labute approximate surface area is 175 Å². The van der Waals surface area contributed by atoms with Crippen LogP contribution in [-0.4, -0.2) is 29.9 Å². The molecule has 2 atom stereocenters. The molecular weight excluding hydrogens is 386 g/mol. The largest absolute Gasteiger partial charge is 0.361 e. The lowest BCUT2D eigenvalue weighted by Crippen LogP contribution is -2.40. The molecule has 3 rings (SSSR count). The zero-order valence-corrected chi connectivity index (χ0v) is 17.4. The summed E-state index contributed by atoms with van der Waals surface area (Å²) in [6.07, 6.45) is 2.71. The molecule has 3 aromatic rings. The summed E-state index contributed by atoms with van der Waals surface area (Å²) in [5, 5.41) is 7.39. The van der Waals surface area contributed by atoms with Crippen LogP contribution >= 0.6 is 11.6 Å². The lowest BCUT2D eigenvalue weighted by Gasteiger charge is -2.19. The summed E-state index contributed by atoms with van der Waals surface area (Å²) in [7, 11) is 0. The summed E-state index contributed by atoms with van der Waals surface area (Å²) >= 11 is 6.48. The Hall–Kier alpha value is -2.79. The molecule has 2 unspecified atom stereocenters. The number of para-hydroxylation sites is 1. The first kappa shape index (κ1) is 20.9. The van der Waals surface area contributed by atoms with E-state index in [4.69, 9.17) is 11.6 Å². The van der Waals surface area contributed by atoms with Crippen molar-refractivity contribution in [2.24, 2.45) is 5.92 Å². The van der Waals surface area contributed by atoms with Gasteiger partial charge in [0.1, 0.15) is 0 Å². The van der Waals surface area contributed by atoms with Crippen LogP contribution in [0.5, 0.6) is 0 Å². The molecule has 0 aliphatic carbocycles. The molecule has 0 bridgehead atoms. The van der Waals surface area contributed by atoms with Gasteiger partial charge in [0.25, 0.3) is 0 Å². The van der Waals surface area contributed by atoms with Crippen molar-refractivity contribution in [1.29, 1.82) is 0 Å². The molecule has 0 spiro atoms. The van der Waals surface area contributed by atoms with E-state index in [1.807, 2.05) is 62.5 Å². The minimum atomic E-state index is -0.224. The summed E-state index contributed by atoms with van der Waals surface area (Å²) < 4.78 is 0. The standard InChI is InChI=1S/C23H26ClN3O2/c1-3-15(2)23(29)27-14-22(28)26-13-18(16-8-4-6-10-20(16)24)19-12-25-21-11-7-5-9-17(19)21/h4-12,15,18,25H,3,13-14H2,1-2H3,(H,26,28)(H,27,29). The van der Waals surface area contributed by atoms with Crippen molar-refractivity contribution in [3.05, 3.63) is 70.9 Å². The summed E-state index contributed by atoms with van der Waals surface area (Å²) in [5.41, 5.74) is 3.05. The number of hydrogen-bond acceptors (Lipinski definition) is 2. The van der Waals surface area contributed by atoms with Gasteiger partial charge in [-0.2, -0.15) is 0 Å². The average Bonchev–Trinajstić information content (AvgIpc) is 3.16. The zero-order valence-electron chi connectivity index (χ0n) is 16.7. The van der Waals surface area contributed by atoms with Gasteiger partial charge in [0.15, 0.2) is 0 Å². The molecule has 6 heteroatoms. The Kier molecular flexibility index (Phi) is 6.94. The van der Waals surface area contributed by atoms with Crippen molar-refractivity contribution in [2.75, 3.05) is 13.1 Å². The van der Waals surface area contributed by atoms with E-state index in [9.17, 15) is 9.59 Å². The molecule has 1 heterocycles. The molecule has 0 aliphatic heterocycles. The van der Waals surface area contributed by atoms with Crippen LogP contribution in [0, 0.1) is 5.92 Å². The lowest BCUT2D eigenvalue weighted by atomic mass is 9.90. The number of fused-ring (bicyclic) bond motifs is 1. The molecule has 152 valence electrons. The van der Waals surface area contributed by atoms with Gasteiger partial charge in [-0.25, -0.2) is 0 Å². The summed E-state index contributed by atoms with van der Waals surface area (Å²) in [5.74, 6) is -0.556. The van der Waals surface area contributed by atoms with E-state index < -0.39 is 0 Å². The molecule has 0 aliphatic rings. The number of rotatable bonds is 8. The molecule has 5 nitrogen and oxygen atoms in total. The van der Waals surface area contributed by atoms with Gasteiger partial charge in [-0.1, -0.05) is 61.8 Å². The van der Waals surface area contributed by atoms with Crippen molar-refractivity contribution in [3.8, 4) is 0 Å². The van der Waals surface area contributed by atoms with Crippen LogP contribution in [-0.2, 0) is 9.59 Å². The molecule has 3 N–H and O–H groups in total. The van der Waals surface area contributed by atoms with Crippen LogP contribution in [0.25, 0.3) is 10.9 Å². The van der Waals surface area contributed by atoms with Gasteiger partial charge in [-0.3, -0.25) is 9.59 Å². The van der Waals surface area contributed by atoms with Gasteiger partial charge < -0.3 is 15.6 Å². The molecule has 29 heavy (non-hydrogen) atoms. The number of H-pyrrole nitrogens is 1. The van der Waals surface area contributed by atoms with Crippen LogP contribution in [0.4, 0.5) is 0 Å². The Morgan fingerprint density at radius 2 is 1.76 bits per heavy atom. The second-order valence-electron chi connectivity index (χ2n) is 7.19. The molecular formula is C23H26ClN3O2. The number of amides is 2. The number of carbonyl (C=O) groups is 2. The Morgan fingerprint density at radius 1 is 1.03 bits per heavy atom. The maximum atomic E-state index is 12.3. The summed E-state index contributed by atoms with van der Waals surface area (Å²) in [6, 6.07) is 15.7. The molecule has 0 fully saturated rings. The Morgan fingerprint density at radius 3 is 2.52 bits per heavy atom. The van der Waals surface area contributed by atoms with Crippen molar-refractivity contribution in [2.45, 2.75) is 26.2 Å². The van der Waals surface area contributed by atoms with Crippen LogP contribution in [0.1, 0.15) is 37.3 Å². The quantitative estimate of drug-likeness (QED) is 0.518. The first-order valence-corrected chi connectivity index (χ1v) is 10.2. The third kappa shape index (κ3) is 4.98. The molecule has 0 saturated carbocycles. The van der Waals surface area contributed by atoms with Crippen molar-refractivity contribution in [1.82, 2.24) is 15.6 Å². The van der Waals surface area contributed by atoms with E-state index in [0.717, 1.165) is 28.5 Å². The lowest BCUT2D eigenvalue weighted by molar-refractivity contribution is -0.128. The highest BCUT2D eigenvalue weighted by Crippen LogP contribution is 2.33. The first-order chi connectivity index (χ1) is 14.0. The number of benzene rings is 2. The van der Waals surface area contributed by atoms with Crippen molar-refractivity contribution >= 4 is 34.3 Å². The summed E-state index contributed by atoms with van der Waals surface area (Å²) in [6.45, 7) is 4.13. The van der Waals surface area contributed by atoms with Gasteiger partial charge in [0.05, 0.1) is 6.54 Å². The fourth-order valence-corrected chi connectivity index (χ4v) is 3.60. The second-order valence-corrected chi connectivity index (χ2v) is 7.60. The number of nitrogens with one attached hydrogen (secondary N) is 3.